The summed E-state index contributed by atoms with van der Waals surface area (Å²) in [7, 11) is 0. The molecule has 1 fully saturated rings. The molecule has 0 spiro atoms. The molecule has 1 N–H and O–H groups in total. The fraction of sp³-hybridized carbons (Fsp3) is 0.545. The van der Waals surface area contributed by atoms with Crippen molar-refractivity contribution in [3.63, 3.8) is 0 Å². The minimum Gasteiger partial charge on any atom is -0.396 e. The van der Waals surface area contributed by atoms with Crippen LogP contribution < -0.4 is 0 Å². The van der Waals surface area contributed by atoms with Gasteiger partial charge in [0.05, 0.1) is 0 Å². The van der Waals surface area contributed by atoms with Crippen LogP contribution in [-0.2, 0) is 6.54 Å². The molecule has 3 nitrogen and oxygen atoms in total. The summed E-state index contributed by atoms with van der Waals surface area (Å²) in [5.74, 6) is 0.449. The maximum Gasteiger partial charge on any atom is 0.129 e. The second-order valence-electron chi connectivity index (χ2n) is 4.06. The van der Waals surface area contributed by atoms with Gasteiger partial charge in [0.15, 0.2) is 0 Å². The van der Waals surface area contributed by atoms with Crippen molar-refractivity contribution < 1.29 is 5.11 Å². The Morgan fingerprint density at radius 1 is 1.53 bits per heavy atom. The first-order valence-corrected chi connectivity index (χ1v) is 5.59. The molecule has 0 unspecified atom stereocenters. The molecule has 0 aliphatic carbocycles. The van der Waals surface area contributed by atoms with E-state index in [-0.39, 0.29) is 0 Å². The maximum atomic E-state index is 9.03. The van der Waals surface area contributed by atoms with Crippen LogP contribution in [0.1, 0.15) is 12.0 Å². The Morgan fingerprint density at radius 3 is 3.00 bits per heavy atom. The highest BCUT2D eigenvalue weighted by molar-refractivity contribution is 6.29. The molecule has 15 heavy (non-hydrogen) atoms. The van der Waals surface area contributed by atoms with E-state index in [1.54, 1.807) is 0 Å². The number of likely N-dealkylation sites (tertiary alicyclic amines) is 1. The van der Waals surface area contributed by atoms with E-state index in [0.29, 0.717) is 17.7 Å². The molecule has 82 valence electrons. The van der Waals surface area contributed by atoms with Gasteiger partial charge in [0.1, 0.15) is 5.15 Å². The molecular formula is C11H15ClN2O. The molecule has 0 aromatic carbocycles. The third kappa shape index (κ3) is 2.91. The molecule has 1 aromatic heterocycles. The summed E-state index contributed by atoms with van der Waals surface area (Å²) < 4.78 is 0. The smallest absolute Gasteiger partial charge is 0.129 e. The van der Waals surface area contributed by atoms with Crippen LogP contribution in [0.2, 0.25) is 5.15 Å². The molecule has 1 atom stereocenters. The first kappa shape index (κ1) is 10.9. The van der Waals surface area contributed by atoms with Gasteiger partial charge in [0, 0.05) is 25.9 Å². The summed E-state index contributed by atoms with van der Waals surface area (Å²) in [6.07, 6.45) is 2.91. The summed E-state index contributed by atoms with van der Waals surface area (Å²) in [4.78, 5) is 6.39. The number of hydrogen-bond acceptors (Lipinski definition) is 3. The molecule has 1 aliphatic heterocycles. The Kier molecular flexibility index (Phi) is 3.57. The molecule has 2 heterocycles. The molecule has 0 bridgehead atoms. The summed E-state index contributed by atoms with van der Waals surface area (Å²) in [5, 5.41) is 9.57. The fourth-order valence-electron chi connectivity index (χ4n) is 1.96. The van der Waals surface area contributed by atoms with E-state index in [1.165, 1.54) is 5.56 Å². The summed E-state index contributed by atoms with van der Waals surface area (Å²) in [5.41, 5.74) is 1.18. The Morgan fingerprint density at radius 2 is 2.40 bits per heavy atom. The summed E-state index contributed by atoms with van der Waals surface area (Å²) in [6, 6.07) is 3.82. The van der Waals surface area contributed by atoms with Crippen molar-refractivity contribution in [3.8, 4) is 0 Å². The Bertz CT molecular complexity index is 315. The number of pyridine rings is 1. The largest absolute Gasteiger partial charge is 0.396 e. The number of aliphatic hydroxyl groups excluding tert-OH is 1. The van der Waals surface area contributed by atoms with Gasteiger partial charge in [0.2, 0.25) is 0 Å². The highest BCUT2D eigenvalue weighted by atomic mass is 35.5. The van der Waals surface area contributed by atoms with Crippen molar-refractivity contribution in [2.75, 3.05) is 19.7 Å². The second kappa shape index (κ2) is 4.92. The van der Waals surface area contributed by atoms with E-state index in [4.69, 9.17) is 16.7 Å². The molecule has 1 aliphatic rings. The number of aromatic nitrogens is 1. The molecule has 1 saturated heterocycles. The third-order valence-electron chi connectivity index (χ3n) is 2.82. The van der Waals surface area contributed by atoms with E-state index in [9.17, 15) is 0 Å². The summed E-state index contributed by atoms with van der Waals surface area (Å²) in [6.45, 7) is 3.25. The lowest BCUT2D eigenvalue weighted by molar-refractivity contribution is 0.220. The zero-order valence-corrected chi connectivity index (χ0v) is 9.32. The van der Waals surface area contributed by atoms with Crippen LogP contribution in [-0.4, -0.2) is 34.7 Å². The van der Waals surface area contributed by atoms with Gasteiger partial charge in [-0.1, -0.05) is 17.7 Å². The first-order chi connectivity index (χ1) is 7.28. The monoisotopic (exact) mass is 226 g/mol. The van der Waals surface area contributed by atoms with Crippen molar-refractivity contribution in [2.24, 2.45) is 5.92 Å². The lowest BCUT2D eigenvalue weighted by atomic mass is 10.1. The topological polar surface area (TPSA) is 36.4 Å². The van der Waals surface area contributed by atoms with Crippen molar-refractivity contribution in [2.45, 2.75) is 13.0 Å². The van der Waals surface area contributed by atoms with Crippen LogP contribution in [0, 0.1) is 5.92 Å². The second-order valence-corrected chi connectivity index (χ2v) is 4.45. The summed E-state index contributed by atoms with van der Waals surface area (Å²) >= 11 is 5.72. The Hall–Kier alpha value is -0.640. The standard InChI is InChI=1S/C11H15ClN2O/c12-11-2-1-9(5-13-11)6-14-4-3-10(7-14)8-15/h1-2,5,10,15H,3-4,6-8H2/t10-/m1/s1. The van der Waals surface area contributed by atoms with Crippen LogP contribution >= 0.6 is 11.6 Å². The molecule has 4 heteroatoms. The highest BCUT2D eigenvalue weighted by Crippen LogP contribution is 2.18. The lowest BCUT2D eigenvalue weighted by Crippen LogP contribution is -2.21. The highest BCUT2D eigenvalue weighted by Gasteiger charge is 2.21. The van der Waals surface area contributed by atoms with Gasteiger partial charge >= 0.3 is 0 Å². The van der Waals surface area contributed by atoms with Gasteiger partial charge in [0.25, 0.3) is 0 Å². The Balaban J connectivity index is 1.90. The van der Waals surface area contributed by atoms with Crippen molar-refractivity contribution in [1.82, 2.24) is 9.88 Å². The average Bonchev–Trinajstić information content (AvgIpc) is 2.69. The van der Waals surface area contributed by atoms with Crippen molar-refractivity contribution >= 4 is 11.6 Å². The fourth-order valence-corrected chi connectivity index (χ4v) is 2.08. The maximum absolute atomic E-state index is 9.03. The predicted molar refractivity (Wildman–Crippen MR) is 59.7 cm³/mol. The van der Waals surface area contributed by atoms with Gasteiger partial charge in [-0.3, -0.25) is 4.90 Å². The van der Waals surface area contributed by atoms with E-state index in [0.717, 1.165) is 26.1 Å². The van der Waals surface area contributed by atoms with Gasteiger partial charge in [-0.05, 0) is 30.5 Å². The van der Waals surface area contributed by atoms with Gasteiger partial charge in [-0.15, -0.1) is 0 Å². The normalized spacial score (nSPS) is 22.1. The van der Waals surface area contributed by atoms with Crippen LogP contribution in [0.3, 0.4) is 0 Å². The van der Waals surface area contributed by atoms with Crippen LogP contribution in [0.5, 0.6) is 0 Å². The van der Waals surface area contributed by atoms with Crippen LogP contribution in [0.25, 0.3) is 0 Å². The lowest BCUT2D eigenvalue weighted by Gasteiger charge is -2.15. The van der Waals surface area contributed by atoms with Crippen molar-refractivity contribution in [1.29, 1.82) is 0 Å². The van der Waals surface area contributed by atoms with Crippen molar-refractivity contribution in [3.05, 3.63) is 29.0 Å². The quantitative estimate of drug-likeness (QED) is 0.795. The van der Waals surface area contributed by atoms with Crippen LogP contribution in [0.4, 0.5) is 0 Å². The van der Waals surface area contributed by atoms with Gasteiger partial charge in [-0.2, -0.15) is 0 Å². The SMILES string of the molecule is OC[C@@H]1CCN(Cc2ccc(Cl)nc2)C1. The van der Waals surface area contributed by atoms with E-state index < -0.39 is 0 Å². The molecule has 0 radical (unpaired) electrons. The molecule has 0 amide bonds. The first-order valence-electron chi connectivity index (χ1n) is 5.21. The zero-order valence-electron chi connectivity index (χ0n) is 8.56. The molecule has 0 saturated carbocycles. The van der Waals surface area contributed by atoms with E-state index in [2.05, 4.69) is 9.88 Å². The molecular weight excluding hydrogens is 212 g/mol. The number of nitrogens with zero attached hydrogens (tertiary/aromatic N) is 2. The minimum absolute atomic E-state index is 0.301. The predicted octanol–water partition coefficient (Wildman–Crippen LogP) is 1.55. The zero-order chi connectivity index (χ0) is 10.7. The number of aliphatic hydroxyl groups is 1. The Labute approximate surface area is 94.7 Å². The number of hydrogen-bond donors (Lipinski definition) is 1. The molecule has 2 rings (SSSR count). The average molecular weight is 227 g/mol. The van der Waals surface area contributed by atoms with Gasteiger partial charge in [-0.25, -0.2) is 4.98 Å². The third-order valence-corrected chi connectivity index (χ3v) is 3.05. The van der Waals surface area contributed by atoms with E-state index >= 15 is 0 Å². The minimum atomic E-state index is 0.301. The number of rotatable bonds is 3. The van der Waals surface area contributed by atoms with Crippen LogP contribution in [0.15, 0.2) is 18.3 Å². The van der Waals surface area contributed by atoms with E-state index in [1.807, 2.05) is 18.3 Å². The van der Waals surface area contributed by atoms with Gasteiger partial charge < -0.3 is 5.11 Å². The number of halogens is 1. The molecule has 1 aromatic rings.